The minimum absolute atomic E-state index is 0.00130. The van der Waals surface area contributed by atoms with E-state index in [0.717, 1.165) is 5.22 Å². The van der Waals surface area contributed by atoms with E-state index >= 15 is 0 Å². The van der Waals surface area contributed by atoms with E-state index in [-0.39, 0.29) is 10.3 Å². The number of fused-ring (bicyclic) bond motifs is 1. The van der Waals surface area contributed by atoms with Crippen LogP contribution in [-0.2, 0) is 10.1 Å². The van der Waals surface area contributed by atoms with E-state index in [0.29, 0.717) is 10.8 Å². The number of rotatable bonds is 1. The number of benzene rings is 1. The van der Waals surface area contributed by atoms with Crippen molar-refractivity contribution in [2.75, 3.05) is 0 Å². The van der Waals surface area contributed by atoms with Gasteiger partial charge in [0.25, 0.3) is 10.1 Å². The molecule has 0 aliphatic heterocycles. The van der Waals surface area contributed by atoms with E-state index in [1.807, 2.05) is 38.1 Å². The Balaban J connectivity index is 2.99. The van der Waals surface area contributed by atoms with Crippen LogP contribution in [0.4, 0.5) is 0 Å². The summed E-state index contributed by atoms with van der Waals surface area (Å²) in [5, 5.41) is 1.38. The van der Waals surface area contributed by atoms with Crippen molar-refractivity contribution in [1.29, 1.82) is 0 Å². The smallest absolute Gasteiger partial charge is 0.282 e. The molecular formula is C14H16O3S. The topological polar surface area (TPSA) is 54.4 Å². The fraction of sp³-hybridized carbons (Fsp3) is 0.286. The first-order valence-corrected chi connectivity index (χ1v) is 7.14. The van der Waals surface area contributed by atoms with Gasteiger partial charge in [0, 0.05) is 10.6 Å². The highest BCUT2D eigenvalue weighted by atomic mass is 32.2. The van der Waals surface area contributed by atoms with Gasteiger partial charge in [-0.15, -0.1) is 0 Å². The van der Waals surface area contributed by atoms with Crippen LogP contribution in [0.1, 0.15) is 19.4 Å². The predicted molar refractivity (Wildman–Crippen MR) is 72.1 cm³/mol. The van der Waals surface area contributed by atoms with Crippen molar-refractivity contribution in [2.45, 2.75) is 25.7 Å². The van der Waals surface area contributed by atoms with Gasteiger partial charge in [0.15, 0.2) is 0 Å². The monoisotopic (exact) mass is 264 g/mol. The molecule has 2 rings (SSSR count). The van der Waals surface area contributed by atoms with Gasteiger partial charge in [0.2, 0.25) is 0 Å². The zero-order valence-electron chi connectivity index (χ0n) is 10.6. The first kappa shape index (κ1) is 13.1. The molecule has 0 amide bonds. The fourth-order valence-electron chi connectivity index (χ4n) is 2.21. The van der Waals surface area contributed by atoms with Crippen LogP contribution < -0.4 is 10.4 Å². The molecule has 1 aliphatic rings. The van der Waals surface area contributed by atoms with Crippen LogP contribution in [0.3, 0.4) is 0 Å². The summed E-state index contributed by atoms with van der Waals surface area (Å²) in [6.45, 7) is 5.76. The molecular weight excluding hydrogens is 248 g/mol. The third kappa shape index (κ3) is 2.40. The van der Waals surface area contributed by atoms with Crippen molar-refractivity contribution in [1.82, 2.24) is 0 Å². The lowest BCUT2D eigenvalue weighted by molar-refractivity contribution is 0.481. The molecule has 0 saturated heterocycles. The molecule has 1 aromatic carbocycles. The second-order valence-electron chi connectivity index (χ2n) is 5.18. The minimum atomic E-state index is -4.21. The lowest BCUT2D eigenvalue weighted by atomic mass is 9.92. The highest BCUT2D eigenvalue weighted by molar-refractivity contribution is 7.85. The molecule has 0 radical (unpaired) electrons. The summed E-state index contributed by atoms with van der Waals surface area (Å²) in [7, 11) is -4.21. The zero-order chi connectivity index (χ0) is 13.6. The summed E-state index contributed by atoms with van der Waals surface area (Å²) >= 11 is 0. The second kappa shape index (κ2) is 4.07. The van der Waals surface area contributed by atoms with Gasteiger partial charge in [-0.3, -0.25) is 4.55 Å². The van der Waals surface area contributed by atoms with Crippen molar-refractivity contribution in [2.24, 2.45) is 5.41 Å². The summed E-state index contributed by atoms with van der Waals surface area (Å²) in [6, 6.07) is 3.60. The van der Waals surface area contributed by atoms with Crippen molar-refractivity contribution in [3.05, 3.63) is 40.3 Å². The SMILES string of the molecule is Cc1ccc2c(c1S(=O)(=O)O)=CC=CC(C)(C)C=2. The van der Waals surface area contributed by atoms with E-state index in [1.54, 1.807) is 19.1 Å². The van der Waals surface area contributed by atoms with Gasteiger partial charge in [0.1, 0.15) is 4.90 Å². The second-order valence-corrected chi connectivity index (χ2v) is 6.54. The highest BCUT2D eigenvalue weighted by Crippen LogP contribution is 2.20. The molecule has 0 saturated carbocycles. The van der Waals surface area contributed by atoms with Crippen LogP contribution in [0.25, 0.3) is 12.2 Å². The van der Waals surface area contributed by atoms with Crippen LogP contribution in [0, 0.1) is 12.3 Å². The van der Waals surface area contributed by atoms with Gasteiger partial charge in [0.05, 0.1) is 0 Å². The van der Waals surface area contributed by atoms with Gasteiger partial charge in [-0.1, -0.05) is 50.3 Å². The molecule has 0 heterocycles. The quantitative estimate of drug-likeness (QED) is 0.780. The Bertz CT molecular complexity index is 738. The highest BCUT2D eigenvalue weighted by Gasteiger charge is 2.18. The molecule has 1 N–H and O–H groups in total. The van der Waals surface area contributed by atoms with Gasteiger partial charge >= 0.3 is 0 Å². The van der Waals surface area contributed by atoms with E-state index < -0.39 is 10.1 Å². The standard InChI is InChI=1S/C14H16O3S/c1-10-6-7-11-9-14(2,3)8-4-5-12(11)13(10)18(15,16)17/h4-9H,1-3H3,(H,15,16,17). The maximum atomic E-state index is 11.5. The first-order chi connectivity index (χ1) is 8.21. The Morgan fingerprint density at radius 2 is 1.89 bits per heavy atom. The van der Waals surface area contributed by atoms with Crippen LogP contribution in [0.5, 0.6) is 0 Å². The summed E-state index contributed by atoms with van der Waals surface area (Å²) in [4.78, 5) is -0.00130. The average Bonchev–Trinajstić information content (AvgIpc) is 2.33. The Morgan fingerprint density at radius 3 is 2.50 bits per heavy atom. The van der Waals surface area contributed by atoms with Crippen LogP contribution in [-0.4, -0.2) is 13.0 Å². The van der Waals surface area contributed by atoms with E-state index in [1.165, 1.54) is 0 Å². The molecule has 0 fully saturated rings. The summed E-state index contributed by atoms with van der Waals surface area (Å²) in [6.07, 6.45) is 7.56. The average molecular weight is 264 g/mol. The molecule has 1 aliphatic carbocycles. The Hall–Kier alpha value is -1.39. The molecule has 0 atom stereocenters. The van der Waals surface area contributed by atoms with Crippen LogP contribution in [0.15, 0.2) is 29.2 Å². The maximum absolute atomic E-state index is 11.5. The number of aryl methyl sites for hydroxylation is 1. The van der Waals surface area contributed by atoms with Crippen LogP contribution >= 0.6 is 0 Å². The number of hydrogen-bond acceptors (Lipinski definition) is 2. The lowest BCUT2D eigenvalue weighted by Crippen LogP contribution is -2.32. The summed E-state index contributed by atoms with van der Waals surface area (Å²) in [5.41, 5.74) is 0.405. The third-order valence-electron chi connectivity index (χ3n) is 3.00. The summed E-state index contributed by atoms with van der Waals surface area (Å²) < 4.78 is 32.4. The molecule has 1 aromatic rings. The fourth-order valence-corrected chi connectivity index (χ4v) is 3.14. The molecule has 0 spiro atoms. The Morgan fingerprint density at radius 1 is 1.22 bits per heavy atom. The van der Waals surface area contributed by atoms with E-state index in [2.05, 4.69) is 0 Å². The first-order valence-electron chi connectivity index (χ1n) is 5.70. The molecule has 0 unspecified atom stereocenters. The predicted octanol–water partition coefficient (Wildman–Crippen LogP) is 1.40. The maximum Gasteiger partial charge on any atom is 0.295 e. The zero-order valence-corrected chi connectivity index (χ0v) is 11.5. The molecule has 3 nitrogen and oxygen atoms in total. The largest absolute Gasteiger partial charge is 0.295 e. The minimum Gasteiger partial charge on any atom is -0.282 e. The number of allylic oxidation sites excluding steroid dienone is 2. The van der Waals surface area contributed by atoms with Gasteiger partial charge in [-0.25, -0.2) is 0 Å². The molecule has 0 aromatic heterocycles. The van der Waals surface area contributed by atoms with Crippen LogP contribution in [0.2, 0.25) is 0 Å². The molecule has 18 heavy (non-hydrogen) atoms. The van der Waals surface area contributed by atoms with Crippen molar-refractivity contribution >= 4 is 22.3 Å². The van der Waals surface area contributed by atoms with Crippen molar-refractivity contribution in [3.8, 4) is 0 Å². The number of hydrogen-bond donors (Lipinski definition) is 1. The normalized spacial score (nSPS) is 17.3. The van der Waals surface area contributed by atoms with Gasteiger partial charge in [-0.05, 0) is 17.7 Å². The van der Waals surface area contributed by atoms with Crippen molar-refractivity contribution in [3.63, 3.8) is 0 Å². The third-order valence-corrected chi connectivity index (χ3v) is 4.06. The van der Waals surface area contributed by atoms with Gasteiger partial charge in [-0.2, -0.15) is 8.42 Å². The molecule has 0 bridgehead atoms. The Labute approximate surface area is 107 Å². The van der Waals surface area contributed by atoms with Gasteiger partial charge < -0.3 is 0 Å². The molecule has 4 heteroatoms. The van der Waals surface area contributed by atoms with E-state index in [4.69, 9.17) is 0 Å². The lowest BCUT2D eigenvalue weighted by Gasteiger charge is -2.13. The Kier molecular flexibility index (Phi) is 2.95. The molecule has 96 valence electrons. The van der Waals surface area contributed by atoms with E-state index in [9.17, 15) is 13.0 Å². The summed E-state index contributed by atoms with van der Waals surface area (Å²) in [5.74, 6) is 0. The van der Waals surface area contributed by atoms with Crippen molar-refractivity contribution < 1.29 is 13.0 Å².